The second-order valence-electron chi connectivity index (χ2n) is 7.99. The molecular formula is C16H22BN3O4. The zero-order valence-electron chi connectivity index (χ0n) is 13.4. The molecule has 0 aromatic carbocycles. The van der Waals surface area contributed by atoms with E-state index in [1.165, 1.54) is 12.3 Å². The van der Waals surface area contributed by atoms with E-state index in [1.54, 1.807) is 0 Å². The number of nitrogens with two attached hydrogens (primary N) is 1. The molecule has 128 valence electrons. The van der Waals surface area contributed by atoms with Gasteiger partial charge in [0.15, 0.2) is 0 Å². The zero-order valence-corrected chi connectivity index (χ0v) is 13.4. The van der Waals surface area contributed by atoms with Crippen molar-refractivity contribution in [1.82, 2.24) is 10.3 Å². The summed E-state index contributed by atoms with van der Waals surface area (Å²) in [5, 5.41) is 32.4. The van der Waals surface area contributed by atoms with E-state index >= 15 is 0 Å². The molecule has 0 aliphatic heterocycles. The number of carbonyl (C=O) groups is 1. The second kappa shape index (κ2) is 5.18. The Hall–Kier alpha value is -1.64. The third-order valence-corrected chi connectivity index (χ3v) is 5.89. The zero-order chi connectivity index (χ0) is 17.1. The maximum atomic E-state index is 12.8. The summed E-state index contributed by atoms with van der Waals surface area (Å²) in [5.41, 5.74) is 5.01. The van der Waals surface area contributed by atoms with Gasteiger partial charge in [-0.1, -0.05) is 0 Å². The summed E-state index contributed by atoms with van der Waals surface area (Å²) in [6.45, 7) is 0. The second-order valence-corrected chi connectivity index (χ2v) is 7.99. The smallest absolute Gasteiger partial charge is 0.423 e. The van der Waals surface area contributed by atoms with Crippen molar-refractivity contribution in [1.29, 1.82) is 0 Å². The van der Waals surface area contributed by atoms with Crippen molar-refractivity contribution < 1.29 is 19.9 Å². The van der Waals surface area contributed by atoms with Crippen LogP contribution in [0, 0.1) is 11.8 Å². The number of anilines is 1. The lowest BCUT2D eigenvalue weighted by Crippen LogP contribution is -2.65. The Bertz CT molecular complexity index is 682. The van der Waals surface area contributed by atoms with Gasteiger partial charge in [-0.2, -0.15) is 0 Å². The van der Waals surface area contributed by atoms with E-state index in [9.17, 15) is 19.9 Å². The van der Waals surface area contributed by atoms with Gasteiger partial charge in [-0.25, -0.2) is 4.98 Å². The number of nitrogen functional groups attached to an aromatic ring is 1. The van der Waals surface area contributed by atoms with Gasteiger partial charge >= 0.3 is 7.12 Å². The van der Waals surface area contributed by atoms with Crippen molar-refractivity contribution >= 4 is 24.3 Å². The Labute approximate surface area is 140 Å². The molecule has 1 aromatic rings. The molecule has 4 aliphatic rings. The van der Waals surface area contributed by atoms with Gasteiger partial charge in [-0.15, -0.1) is 0 Å². The standard InChI is InChI=1S/C16H22BN3O4/c18-13-12(2-11(7-19-13)17(23)24)14(21)20-15-3-9-1-10(4-15)6-16(22,5-9)8-15/h2,7,9-10,22-24H,1,3-6,8H2,(H2,18,19)(H,20,21)/t9-,10-,15?,16?/m1/s1. The first-order valence-electron chi connectivity index (χ1n) is 8.44. The van der Waals surface area contributed by atoms with E-state index in [2.05, 4.69) is 10.3 Å². The van der Waals surface area contributed by atoms with Crippen LogP contribution < -0.4 is 16.5 Å². The van der Waals surface area contributed by atoms with Gasteiger partial charge < -0.3 is 26.2 Å². The van der Waals surface area contributed by atoms with Crippen molar-refractivity contribution in [3.8, 4) is 0 Å². The largest absolute Gasteiger partial charge is 0.490 e. The number of aliphatic hydroxyl groups is 1. The molecule has 1 amide bonds. The van der Waals surface area contributed by atoms with Crippen molar-refractivity contribution in [2.24, 2.45) is 11.8 Å². The van der Waals surface area contributed by atoms with Gasteiger partial charge in [-0.3, -0.25) is 4.79 Å². The topological polar surface area (TPSA) is 129 Å². The first-order valence-corrected chi connectivity index (χ1v) is 8.44. The molecule has 0 radical (unpaired) electrons. The molecule has 4 bridgehead atoms. The molecule has 7 nitrogen and oxygen atoms in total. The predicted molar refractivity (Wildman–Crippen MR) is 88.3 cm³/mol. The highest BCUT2D eigenvalue weighted by Gasteiger charge is 2.57. The molecule has 0 saturated heterocycles. The number of carbonyl (C=O) groups excluding carboxylic acids is 1. The summed E-state index contributed by atoms with van der Waals surface area (Å²) in [4.78, 5) is 16.6. The Balaban J connectivity index is 1.60. The van der Waals surface area contributed by atoms with Crippen LogP contribution in [0.3, 0.4) is 0 Å². The van der Waals surface area contributed by atoms with E-state index in [4.69, 9.17) is 5.73 Å². The van der Waals surface area contributed by atoms with Crippen LogP contribution >= 0.6 is 0 Å². The molecule has 24 heavy (non-hydrogen) atoms. The molecule has 0 unspecified atom stereocenters. The molecule has 4 saturated carbocycles. The van der Waals surface area contributed by atoms with Gasteiger partial charge in [0, 0.05) is 17.2 Å². The third kappa shape index (κ3) is 2.58. The summed E-state index contributed by atoms with van der Waals surface area (Å²) in [6, 6.07) is 1.36. The van der Waals surface area contributed by atoms with Crippen LogP contribution in [0.5, 0.6) is 0 Å². The summed E-state index contributed by atoms with van der Waals surface area (Å²) in [6.07, 6.45) is 6.38. The number of hydrogen-bond acceptors (Lipinski definition) is 6. The van der Waals surface area contributed by atoms with Crippen LogP contribution in [-0.4, -0.2) is 44.3 Å². The van der Waals surface area contributed by atoms with Gasteiger partial charge in [-0.05, 0) is 56.4 Å². The molecule has 8 heteroatoms. The van der Waals surface area contributed by atoms with Crippen molar-refractivity contribution in [2.45, 2.75) is 49.7 Å². The molecule has 4 fully saturated rings. The van der Waals surface area contributed by atoms with Crippen LogP contribution in [0.2, 0.25) is 0 Å². The molecule has 2 atom stereocenters. The summed E-state index contributed by atoms with van der Waals surface area (Å²) in [7, 11) is -1.70. The first kappa shape index (κ1) is 15.9. The summed E-state index contributed by atoms with van der Waals surface area (Å²) >= 11 is 0. The Morgan fingerprint density at radius 3 is 2.54 bits per heavy atom. The maximum absolute atomic E-state index is 12.8. The lowest BCUT2D eigenvalue weighted by Gasteiger charge is -2.60. The summed E-state index contributed by atoms with van der Waals surface area (Å²) in [5.74, 6) is 0.601. The Morgan fingerprint density at radius 2 is 1.96 bits per heavy atom. The van der Waals surface area contributed by atoms with E-state index in [0.29, 0.717) is 18.3 Å². The molecular weight excluding hydrogens is 309 g/mol. The van der Waals surface area contributed by atoms with Crippen LogP contribution in [0.15, 0.2) is 12.3 Å². The van der Waals surface area contributed by atoms with Crippen LogP contribution in [0.1, 0.15) is 48.9 Å². The maximum Gasteiger partial charge on any atom is 0.490 e. The molecule has 5 rings (SSSR count). The van der Waals surface area contributed by atoms with Crippen molar-refractivity contribution in [2.75, 3.05) is 5.73 Å². The predicted octanol–water partition coefficient (Wildman–Crippen LogP) is -0.843. The van der Waals surface area contributed by atoms with Crippen molar-refractivity contribution in [3.05, 3.63) is 17.8 Å². The number of rotatable bonds is 3. The van der Waals surface area contributed by atoms with Gasteiger partial charge in [0.25, 0.3) is 5.91 Å². The minimum atomic E-state index is -1.70. The van der Waals surface area contributed by atoms with Gasteiger partial charge in [0.2, 0.25) is 0 Å². The van der Waals surface area contributed by atoms with Crippen LogP contribution in [0.25, 0.3) is 0 Å². The molecule has 0 spiro atoms. The molecule has 1 aromatic heterocycles. The first-order chi connectivity index (χ1) is 11.3. The molecule has 6 N–H and O–H groups in total. The van der Waals surface area contributed by atoms with E-state index in [-0.39, 0.29) is 22.8 Å². The van der Waals surface area contributed by atoms with E-state index < -0.39 is 18.3 Å². The van der Waals surface area contributed by atoms with Gasteiger partial charge in [0.05, 0.1) is 11.2 Å². The average Bonchev–Trinajstić information content (AvgIpc) is 2.43. The molecule has 1 heterocycles. The van der Waals surface area contributed by atoms with Gasteiger partial charge in [0.1, 0.15) is 5.82 Å². The lowest BCUT2D eigenvalue weighted by atomic mass is 9.51. The van der Waals surface area contributed by atoms with Crippen molar-refractivity contribution in [3.63, 3.8) is 0 Å². The fourth-order valence-corrected chi connectivity index (χ4v) is 5.48. The van der Waals surface area contributed by atoms with Crippen LogP contribution in [-0.2, 0) is 0 Å². The number of amides is 1. The van der Waals surface area contributed by atoms with E-state index in [1.807, 2.05) is 0 Å². The van der Waals surface area contributed by atoms with Crippen LogP contribution in [0.4, 0.5) is 5.82 Å². The third-order valence-electron chi connectivity index (χ3n) is 5.89. The minimum Gasteiger partial charge on any atom is -0.423 e. The fraction of sp³-hybridized carbons (Fsp3) is 0.625. The monoisotopic (exact) mass is 331 g/mol. The lowest BCUT2D eigenvalue weighted by molar-refractivity contribution is -0.139. The number of pyridine rings is 1. The quantitative estimate of drug-likeness (QED) is 0.459. The SMILES string of the molecule is Nc1ncc(B(O)O)cc1C(=O)NC12C[C@H]3C[C@@H](CC(O)(C3)C1)C2. The fourth-order valence-electron chi connectivity index (χ4n) is 5.48. The summed E-state index contributed by atoms with van der Waals surface area (Å²) < 4.78 is 0. The average molecular weight is 331 g/mol. The normalized spacial score (nSPS) is 36.6. The Kier molecular flexibility index (Phi) is 3.42. The minimum absolute atomic E-state index is 0.0559. The number of nitrogens with one attached hydrogen (secondary N) is 1. The highest BCUT2D eigenvalue weighted by Crippen LogP contribution is 2.57. The highest BCUT2D eigenvalue weighted by molar-refractivity contribution is 6.58. The Morgan fingerprint density at radius 1 is 1.29 bits per heavy atom. The highest BCUT2D eigenvalue weighted by atomic mass is 16.4. The number of aromatic nitrogens is 1. The number of nitrogens with zero attached hydrogens (tertiary/aromatic N) is 1. The number of hydrogen-bond donors (Lipinski definition) is 5. The molecule has 4 aliphatic carbocycles. The van der Waals surface area contributed by atoms with E-state index in [0.717, 1.165) is 32.1 Å².